The first-order valence-electron chi connectivity index (χ1n) is 6.34. The fourth-order valence-corrected chi connectivity index (χ4v) is 3.34. The number of hydrogen-bond acceptors (Lipinski definition) is 3. The fraction of sp³-hybridized carbons (Fsp3) is 0.200. The second-order valence-electron chi connectivity index (χ2n) is 4.95. The van der Waals surface area contributed by atoms with Crippen LogP contribution in [0.2, 0.25) is 0 Å². The number of rotatable bonds is 3. The summed E-state index contributed by atoms with van der Waals surface area (Å²) in [5.74, 6) is -0.591. The first-order valence-corrected chi connectivity index (χ1v) is 7.78. The maximum atomic E-state index is 13.5. The standard InChI is InChI=1S/C15H17FN2O2S/c1-10-5-4-6-12(7-10)18(3)21(19,20)13-8-11(2)15(16)14(17)9-13/h4-9H,17H2,1-3H3. The van der Waals surface area contributed by atoms with Crippen molar-refractivity contribution >= 4 is 21.4 Å². The predicted octanol–water partition coefficient (Wildman–Crippen LogP) is 2.85. The number of aryl methyl sites for hydroxylation is 2. The Bertz CT molecular complexity index is 765. The van der Waals surface area contributed by atoms with Crippen LogP contribution in [0.25, 0.3) is 0 Å². The first kappa shape index (κ1) is 15.3. The molecule has 21 heavy (non-hydrogen) atoms. The molecule has 0 unspecified atom stereocenters. The summed E-state index contributed by atoms with van der Waals surface area (Å²) in [5.41, 5.74) is 7.03. The van der Waals surface area contributed by atoms with Crippen LogP contribution < -0.4 is 10.0 Å². The van der Waals surface area contributed by atoms with Gasteiger partial charge >= 0.3 is 0 Å². The highest BCUT2D eigenvalue weighted by Crippen LogP contribution is 2.26. The van der Waals surface area contributed by atoms with Gasteiger partial charge in [0.1, 0.15) is 5.82 Å². The van der Waals surface area contributed by atoms with E-state index in [0.717, 1.165) is 15.9 Å². The van der Waals surface area contributed by atoms with Gasteiger partial charge in [0.2, 0.25) is 0 Å². The highest BCUT2D eigenvalue weighted by atomic mass is 32.2. The van der Waals surface area contributed by atoms with Gasteiger partial charge in [0.25, 0.3) is 10.0 Å². The topological polar surface area (TPSA) is 63.4 Å². The molecule has 6 heteroatoms. The molecule has 0 heterocycles. The second kappa shape index (κ2) is 5.37. The summed E-state index contributed by atoms with van der Waals surface area (Å²) >= 11 is 0. The van der Waals surface area contributed by atoms with E-state index >= 15 is 0 Å². The number of halogens is 1. The van der Waals surface area contributed by atoms with Gasteiger partial charge in [0.15, 0.2) is 0 Å². The number of benzene rings is 2. The van der Waals surface area contributed by atoms with Gasteiger partial charge < -0.3 is 5.73 Å². The Hall–Kier alpha value is -2.08. The first-order chi connectivity index (χ1) is 9.73. The third-order valence-corrected chi connectivity index (χ3v) is 5.04. The lowest BCUT2D eigenvalue weighted by atomic mass is 10.2. The molecule has 2 rings (SSSR count). The highest BCUT2D eigenvalue weighted by molar-refractivity contribution is 7.92. The van der Waals surface area contributed by atoms with Crippen molar-refractivity contribution in [2.45, 2.75) is 18.7 Å². The van der Waals surface area contributed by atoms with E-state index in [4.69, 9.17) is 5.73 Å². The molecule has 0 bridgehead atoms. The average molecular weight is 308 g/mol. The zero-order valence-corrected chi connectivity index (χ0v) is 12.9. The van der Waals surface area contributed by atoms with Crippen LogP contribution in [0.1, 0.15) is 11.1 Å². The fourth-order valence-electron chi connectivity index (χ4n) is 2.03. The predicted molar refractivity (Wildman–Crippen MR) is 82.3 cm³/mol. The lowest BCUT2D eigenvalue weighted by Gasteiger charge is -2.20. The summed E-state index contributed by atoms with van der Waals surface area (Å²) < 4.78 is 39.9. The highest BCUT2D eigenvalue weighted by Gasteiger charge is 2.23. The summed E-state index contributed by atoms with van der Waals surface area (Å²) in [5, 5.41) is 0. The van der Waals surface area contributed by atoms with E-state index < -0.39 is 15.8 Å². The van der Waals surface area contributed by atoms with E-state index in [2.05, 4.69) is 0 Å². The zero-order valence-electron chi connectivity index (χ0n) is 12.1. The smallest absolute Gasteiger partial charge is 0.264 e. The minimum absolute atomic E-state index is 0.0251. The number of nitrogen functional groups attached to an aromatic ring is 1. The third kappa shape index (κ3) is 2.85. The van der Waals surface area contributed by atoms with Crippen molar-refractivity contribution in [3.8, 4) is 0 Å². The summed E-state index contributed by atoms with van der Waals surface area (Å²) in [6.07, 6.45) is 0. The van der Waals surface area contributed by atoms with E-state index in [1.807, 2.05) is 13.0 Å². The molecule has 0 spiro atoms. The Kier molecular flexibility index (Phi) is 3.91. The summed E-state index contributed by atoms with van der Waals surface area (Å²) in [6.45, 7) is 3.36. The van der Waals surface area contributed by atoms with Gasteiger partial charge in [-0.2, -0.15) is 0 Å². The number of nitrogens with zero attached hydrogens (tertiary/aromatic N) is 1. The van der Waals surface area contributed by atoms with Crippen LogP contribution in [0.4, 0.5) is 15.8 Å². The monoisotopic (exact) mass is 308 g/mol. The molecule has 4 nitrogen and oxygen atoms in total. The third-order valence-electron chi connectivity index (χ3n) is 3.28. The largest absolute Gasteiger partial charge is 0.396 e. The molecule has 0 saturated heterocycles. The molecule has 0 saturated carbocycles. The van der Waals surface area contributed by atoms with Gasteiger partial charge in [-0.05, 0) is 49.2 Å². The minimum atomic E-state index is -3.78. The van der Waals surface area contributed by atoms with Crippen molar-refractivity contribution in [2.75, 3.05) is 17.1 Å². The SMILES string of the molecule is Cc1cccc(N(C)S(=O)(=O)c2cc(C)c(F)c(N)c2)c1. The molecule has 0 aliphatic rings. The minimum Gasteiger partial charge on any atom is -0.396 e. The summed E-state index contributed by atoms with van der Waals surface area (Å²) in [7, 11) is -2.33. The van der Waals surface area contributed by atoms with Crippen LogP contribution in [0.3, 0.4) is 0 Å². The van der Waals surface area contributed by atoms with Crippen LogP contribution in [0.5, 0.6) is 0 Å². The zero-order chi connectivity index (χ0) is 15.8. The van der Waals surface area contributed by atoms with Crippen molar-refractivity contribution in [1.82, 2.24) is 0 Å². The maximum Gasteiger partial charge on any atom is 0.264 e. The van der Waals surface area contributed by atoms with Crippen LogP contribution in [-0.2, 0) is 10.0 Å². The van der Waals surface area contributed by atoms with Gasteiger partial charge in [-0.3, -0.25) is 4.31 Å². The Morgan fingerprint density at radius 1 is 1.14 bits per heavy atom. The summed E-state index contributed by atoms with van der Waals surface area (Å²) in [6, 6.07) is 9.55. The molecule has 0 radical (unpaired) electrons. The molecule has 0 aromatic heterocycles. The van der Waals surface area contributed by atoms with Gasteiger partial charge in [0.05, 0.1) is 16.3 Å². The van der Waals surface area contributed by atoms with Crippen LogP contribution in [0.15, 0.2) is 41.3 Å². The van der Waals surface area contributed by atoms with Gasteiger partial charge in [0, 0.05) is 7.05 Å². The lowest BCUT2D eigenvalue weighted by Crippen LogP contribution is -2.26. The molecule has 2 aromatic rings. The molecular weight excluding hydrogens is 291 g/mol. The molecular formula is C15H17FN2O2S. The van der Waals surface area contributed by atoms with Crippen molar-refractivity contribution in [1.29, 1.82) is 0 Å². The van der Waals surface area contributed by atoms with Crippen molar-refractivity contribution in [3.05, 3.63) is 53.3 Å². The number of hydrogen-bond donors (Lipinski definition) is 1. The van der Waals surface area contributed by atoms with Crippen molar-refractivity contribution in [3.63, 3.8) is 0 Å². The molecule has 0 aliphatic carbocycles. The summed E-state index contributed by atoms with van der Waals surface area (Å²) in [4.78, 5) is -0.0251. The Morgan fingerprint density at radius 2 is 1.81 bits per heavy atom. The van der Waals surface area contributed by atoms with E-state index in [0.29, 0.717) is 5.69 Å². The van der Waals surface area contributed by atoms with Gasteiger partial charge in [-0.1, -0.05) is 12.1 Å². The van der Waals surface area contributed by atoms with Crippen LogP contribution in [-0.4, -0.2) is 15.5 Å². The number of sulfonamides is 1. The lowest BCUT2D eigenvalue weighted by molar-refractivity contribution is 0.592. The van der Waals surface area contributed by atoms with Crippen LogP contribution >= 0.6 is 0 Å². The molecule has 0 fully saturated rings. The Balaban J connectivity index is 2.52. The molecule has 0 amide bonds. The molecule has 112 valence electrons. The Morgan fingerprint density at radius 3 is 2.38 bits per heavy atom. The van der Waals surface area contributed by atoms with E-state index in [1.54, 1.807) is 18.2 Å². The molecule has 0 atom stereocenters. The van der Waals surface area contributed by atoms with E-state index in [9.17, 15) is 12.8 Å². The van der Waals surface area contributed by atoms with E-state index in [1.165, 1.54) is 20.0 Å². The normalized spacial score (nSPS) is 11.4. The van der Waals surface area contributed by atoms with Crippen LogP contribution in [0, 0.1) is 19.7 Å². The molecule has 2 aromatic carbocycles. The maximum absolute atomic E-state index is 13.5. The quantitative estimate of drug-likeness (QED) is 0.887. The molecule has 0 aliphatic heterocycles. The van der Waals surface area contributed by atoms with E-state index in [-0.39, 0.29) is 16.1 Å². The number of nitrogens with two attached hydrogens (primary N) is 1. The van der Waals surface area contributed by atoms with Crippen molar-refractivity contribution < 1.29 is 12.8 Å². The van der Waals surface area contributed by atoms with Crippen molar-refractivity contribution in [2.24, 2.45) is 0 Å². The van der Waals surface area contributed by atoms with Gasteiger partial charge in [-0.15, -0.1) is 0 Å². The second-order valence-corrected chi connectivity index (χ2v) is 6.92. The van der Waals surface area contributed by atoms with Gasteiger partial charge in [-0.25, -0.2) is 12.8 Å². The number of anilines is 2. The average Bonchev–Trinajstić information content (AvgIpc) is 2.43. The molecule has 2 N–H and O–H groups in total. The Labute approximate surface area is 124 Å².